The molecule has 1 aliphatic carbocycles. The molecule has 4 rings (SSSR count). The molecule has 2 aliphatic rings. The molecular weight excluding hydrogens is 364 g/mol. The number of rotatable bonds is 4. The average Bonchev–Trinajstić information content (AvgIpc) is 3.33. The zero-order valence-electron chi connectivity index (χ0n) is 15.1. The van der Waals surface area contributed by atoms with Crippen molar-refractivity contribution in [3.63, 3.8) is 0 Å². The number of fused-ring (bicyclic) bond motifs is 1. The quantitative estimate of drug-likeness (QED) is 0.639. The van der Waals surface area contributed by atoms with Gasteiger partial charge in [0.1, 0.15) is 6.04 Å². The molecule has 2 heterocycles. The van der Waals surface area contributed by atoms with Gasteiger partial charge in [-0.05, 0) is 37.3 Å². The zero-order chi connectivity index (χ0) is 19.8. The van der Waals surface area contributed by atoms with Crippen LogP contribution in [0.25, 0.3) is 5.69 Å². The molecule has 3 atom stereocenters. The summed E-state index contributed by atoms with van der Waals surface area (Å²) in [6.45, 7) is 0. The van der Waals surface area contributed by atoms with Crippen LogP contribution in [0.5, 0.6) is 0 Å². The van der Waals surface area contributed by atoms with Crippen LogP contribution < -0.4 is 0 Å². The lowest BCUT2D eigenvalue weighted by Gasteiger charge is -2.32. The van der Waals surface area contributed by atoms with Crippen LogP contribution in [0.3, 0.4) is 0 Å². The van der Waals surface area contributed by atoms with E-state index in [4.69, 9.17) is 0 Å². The number of nitrogens with zero attached hydrogens (tertiary/aromatic N) is 4. The molecule has 1 saturated carbocycles. The van der Waals surface area contributed by atoms with Crippen molar-refractivity contribution in [3.05, 3.63) is 52.3 Å². The largest absolute Gasteiger partial charge is 0.480 e. The zero-order valence-corrected chi connectivity index (χ0v) is 15.1. The Bertz CT molecular complexity index is 923. The Labute approximate surface area is 160 Å². The number of carboxylic acids is 1. The van der Waals surface area contributed by atoms with Crippen LogP contribution in [0.2, 0.25) is 0 Å². The third-order valence-corrected chi connectivity index (χ3v) is 5.76. The summed E-state index contributed by atoms with van der Waals surface area (Å²) in [4.78, 5) is 36.7. The molecule has 0 spiro atoms. The summed E-state index contributed by atoms with van der Waals surface area (Å²) in [5.74, 6) is -1.05. The van der Waals surface area contributed by atoms with Gasteiger partial charge in [-0.1, -0.05) is 12.8 Å². The van der Waals surface area contributed by atoms with Gasteiger partial charge in [0.2, 0.25) is 0 Å². The predicted octanol–water partition coefficient (Wildman–Crippen LogP) is 2.64. The van der Waals surface area contributed by atoms with Crippen LogP contribution in [-0.4, -0.2) is 48.7 Å². The molecule has 9 heteroatoms. The van der Waals surface area contributed by atoms with E-state index in [1.165, 1.54) is 27.9 Å². The Morgan fingerprint density at radius 3 is 2.57 bits per heavy atom. The molecule has 1 saturated heterocycles. The summed E-state index contributed by atoms with van der Waals surface area (Å²) in [5.41, 5.74) is 0.865. The minimum Gasteiger partial charge on any atom is -0.480 e. The molecule has 2 fully saturated rings. The molecule has 3 unspecified atom stereocenters. The van der Waals surface area contributed by atoms with Gasteiger partial charge in [0.25, 0.3) is 11.6 Å². The Morgan fingerprint density at radius 2 is 1.89 bits per heavy atom. The molecule has 1 amide bonds. The minimum atomic E-state index is -0.967. The van der Waals surface area contributed by atoms with E-state index < -0.39 is 16.9 Å². The van der Waals surface area contributed by atoms with Crippen LogP contribution in [-0.2, 0) is 4.79 Å². The number of aromatic nitrogens is 2. The van der Waals surface area contributed by atoms with Gasteiger partial charge < -0.3 is 10.0 Å². The van der Waals surface area contributed by atoms with Crippen LogP contribution in [0, 0.1) is 16.0 Å². The second-order valence-corrected chi connectivity index (χ2v) is 7.36. The first kappa shape index (κ1) is 18.1. The molecule has 9 nitrogen and oxygen atoms in total. The highest BCUT2D eigenvalue weighted by atomic mass is 16.6. The maximum absolute atomic E-state index is 13.1. The van der Waals surface area contributed by atoms with Crippen molar-refractivity contribution in [1.82, 2.24) is 14.7 Å². The van der Waals surface area contributed by atoms with Gasteiger partial charge in [0, 0.05) is 24.4 Å². The van der Waals surface area contributed by atoms with Crippen molar-refractivity contribution in [2.24, 2.45) is 5.92 Å². The second-order valence-electron chi connectivity index (χ2n) is 7.36. The van der Waals surface area contributed by atoms with Crippen molar-refractivity contribution in [1.29, 1.82) is 0 Å². The summed E-state index contributed by atoms with van der Waals surface area (Å²) in [5, 5.41) is 24.6. The van der Waals surface area contributed by atoms with E-state index in [2.05, 4.69) is 5.10 Å². The molecule has 1 N–H and O–H groups in total. The summed E-state index contributed by atoms with van der Waals surface area (Å²) in [6, 6.07) is 4.99. The molecule has 2 aromatic rings. The summed E-state index contributed by atoms with van der Waals surface area (Å²) in [6.07, 6.45) is 7.32. The fraction of sp³-hybridized carbons (Fsp3) is 0.421. The maximum atomic E-state index is 13.1. The van der Waals surface area contributed by atoms with E-state index in [9.17, 15) is 24.8 Å². The van der Waals surface area contributed by atoms with Gasteiger partial charge >= 0.3 is 5.97 Å². The molecule has 146 valence electrons. The maximum Gasteiger partial charge on any atom is 0.326 e. The number of carbonyl (C=O) groups is 2. The number of non-ortho nitro benzene ring substituents is 1. The number of hydrogen-bond acceptors (Lipinski definition) is 5. The molecule has 1 aromatic heterocycles. The lowest BCUT2D eigenvalue weighted by molar-refractivity contribution is -0.384. The third-order valence-electron chi connectivity index (χ3n) is 5.76. The first-order valence-corrected chi connectivity index (χ1v) is 9.30. The summed E-state index contributed by atoms with van der Waals surface area (Å²) >= 11 is 0. The number of benzene rings is 1. The van der Waals surface area contributed by atoms with Gasteiger partial charge in [0.05, 0.1) is 22.4 Å². The predicted molar refractivity (Wildman–Crippen MR) is 98.2 cm³/mol. The van der Waals surface area contributed by atoms with Crippen molar-refractivity contribution < 1.29 is 19.6 Å². The third kappa shape index (κ3) is 3.12. The van der Waals surface area contributed by atoms with Gasteiger partial charge in [-0.15, -0.1) is 0 Å². The Kier molecular flexibility index (Phi) is 4.58. The monoisotopic (exact) mass is 384 g/mol. The van der Waals surface area contributed by atoms with Crippen molar-refractivity contribution in [2.75, 3.05) is 0 Å². The van der Waals surface area contributed by atoms with E-state index in [1.807, 2.05) is 0 Å². The Hall–Kier alpha value is -3.23. The van der Waals surface area contributed by atoms with Crippen LogP contribution in [0.15, 0.2) is 36.7 Å². The fourth-order valence-corrected chi connectivity index (χ4v) is 4.42. The highest BCUT2D eigenvalue weighted by Gasteiger charge is 2.47. The Balaban J connectivity index is 1.59. The number of nitro benzene ring substituents is 1. The number of amides is 1. The highest BCUT2D eigenvalue weighted by Crippen LogP contribution is 2.40. The van der Waals surface area contributed by atoms with Gasteiger partial charge in [-0.3, -0.25) is 14.9 Å². The lowest BCUT2D eigenvalue weighted by atomic mass is 9.84. The van der Waals surface area contributed by atoms with Gasteiger partial charge in [-0.2, -0.15) is 5.10 Å². The van der Waals surface area contributed by atoms with Crippen molar-refractivity contribution in [2.45, 2.75) is 44.2 Å². The van der Waals surface area contributed by atoms with Crippen molar-refractivity contribution in [3.8, 4) is 5.69 Å². The first-order chi connectivity index (χ1) is 13.5. The standard InChI is InChI=1S/C19H20N4O5/c24-18(22-16-4-2-1-3-12(16)9-17(22)19(25)26)13-10-20-21(11-13)14-5-7-15(8-6-14)23(27)28/h5-8,10-12,16-17H,1-4,9H2,(H,25,26). The molecule has 0 bridgehead atoms. The highest BCUT2D eigenvalue weighted by molar-refractivity contribution is 5.97. The molecular formula is C19H20N4O5. The van der Waals surface area contributed by atoms with E-state index in [0.717, 1.165) is 25.7 Å². The number of carboxylic acid groups (broad SMARTS) is 1. The number of carbonyl (C=O) groups excluding carboxylic acids is 1. The average molecular weight is 384 g/mol. The van der Waals surface area contributed by atoms with Crippen LogP contribution in [0.1, 0.15) is 42.5 Å². The van der Waals surface area contributed by atoms with E-state index in [1.54, 1.807) is 18.3 Å². The number of nitro groups is 1. The molecule has 1 aromatic carbocycles. The number of likely N-dealkylation sites (tertiary alicyclic amines) is 1. The van der Waals surface area contributed by atoms with Crippen LogP contribution in [0.4, 0.5) is 5.69 Å². The fourth-order valence-electron chi connectivity index (χ4n) is 4.42. The Morgan fingerprint density at radius 1 is 1.18 bits per heavy atom. The molecule has 0 radical (unpaired) electrons. The van der Waals surface area contributed by atoms with E-state index >= 15 is 0 Å². The number of aliphatic carboxylic acids is 1. The topological polar surface area (TPSA) is 119 Å². The lowest BCUT2D eigenvalue weighted by Crippen LogP contribution is -2.46. The smallest absolute Gasteiger partial charge is 0.326 e. The molecule has 28 heavy (non-hydrogen) atoms. The van der Waals surface area contributed by atoms with Gasteiger partial charge in [-0.25, -0.2) is 9.48 Å². The van der Waals surface area contributed by atoms with Gasteiger partial charge in [0.15, 0.2) is 0 Å². The van der Waals surface area contributed by atoms with E-state index in [-0.39, 0.29) is 23.6 Å². The summed E-state index contributed by atoms with van der Waals surface area (Å²) in [7, 11) is 0. The SMILES string of the molecule is O=C(O)C1CC2CCCCC2N1C(=O)c1cnn(-c2ccc([N+](=O)[O-])cc2)c1. The van der Waals surface area contributed by atoms with Crippen molar-refractivity contribution >= 4 is 17.6 Å². The van der Waals surface area contributed by atoms with Crippen LogP contribution >= 0.6 is 0 Å². The second kappa shape index (κ2) is 7.06. The molecule has 1 aliphatic heterocycles. The first-order valence-electron chi connectivity index (χ1n) is 9.30. The normalized spacial score (nSPS) is 24.0. The number of hydrogen-bond donors (Lipinski definition) is 1. The summed E-state index contributed by atoms with van der Waals surface area (Å²) < 4.78 is 1.46. The minimum absolute atomic E-state index is 0.0306. The van der Waals surface area contributed by atoms with E-state index in [0.29, 0.717) is 17.7 Å².